The molecule has 0 spiro atoms. The highest BCUT2D eigenvalue weighted by Gasteiger charge is 2.51. The van der Waals surface area contributed by atoms with Crippen molar-refractivity contribution in [3.63, 3.8) is 0 Å². The van der Waals surface area contributed by atoms with E-state index >= 15 is 0 Å². The van der Waals surface area contributed by atoms with E-state index in [4.69, 9.17) is 9.47 Å². The number of hydrogen-bond acceptors (Lipinski definition) is 6. The van der Waals surface area contributed by atoms with Crippen LogP contribution < -0.4 is 10.6 Å². The number of fused-ring (bicyclic) bond motifs is 2. The molecule has 2 aliphatic carbocycles. The van der Waals surface area contributed by atoms with Gasteiger partial charge in [0.15, 0.2) is 0 Å². The summed E-state index contributed by atoms with van der Waals surface area (Å²) in [6, 6.07) is 33.2. The van der Waals surface area contributed by atoms with Crippen LogP contribution in [0.25, 0.3) is 12.2 Å². The summed E-state index contributed by atoms with van der Waals surface area (Å²) in [6.45, 7) is 1.43. The summed E-state index contributed by atoms with van der Waals surface area (Å²) in [5.41, 5.74) is 5.06. The van der Waals surface area contributed by atoms with Gasteiger partial charge in [-0.15, -0.1) is 0 Å². The molecule has 10 nitrogen and oxygen atoms in total. The number of hydrogen-bond donors (Lipinski definition) is 2. The molecule has 2 aliphatic heterocycles. The fourth-order valence-corrected chi connectivity index (χ4v) is 9.24. The molecule has 288 valence electrons. The minimum absolute atomic E-state index is 0.132. The number of nitrogens with zero attached hydrogens (tertiary/aromatic N) is 2. The normalized spacial score (nSPS) is 23.8. The monoisotopic (exact) mass is 752 g/mol. The Bertz CT molecular complexity index is 1890. The number of amides is 4. The highest BCUT2D eigenvalue weighted by molar-refractivity contribution is 5.98. The first kappa shape index (κ1) is 37.0. The average Bonchev–Trinajstić information content (AvgIpc) is 4.02. The van der Waals surface area contributed by atoms with Crippen LogP contribution >= 0.6 is 0 Å². The van der Waals surface area contributed by atoms with Crippen molar-refractivity contribution >= 4 is 47.5 Å². The predicted molar refractivity (Wildman–Crippen MR) is 215 cm³/mol. The third-order valence-electron chi connectivity index (χ3n) is 12.0. The number of anilines is 2. The van der Waals surface area contributed by atoms with Gasteiger partial charge in [-0.2, -0.15) is 0 Å². The summed E-state index contributed by atoms with van der Waals surface area (Å²) >= 11 is 0. The van der Waals surface area contributed by atoms with Crippen LogP contribution in [0.15, 0.2) is 109 Å². The number of carbonyl (C=O) groups excluding carboxylic acids is 4. The van der Waals surface area contributed by atoms with Gasteiger partial charge >= 0.3 is 12.2 Å². The van der Waals surface area contributed by atoms with Gasteiger partial charge in [-0.3, -0.25) is 19.4 Å². The summed E-state index contributed by atoms with van der Waals surface area (Å²) in [7, 11) is 0. The third kappa shape index (κ3) is 8.34. The zero-order valence-corrected chi connectivity index (χ0v) is 31.4. The van der Waals surface area contributed by atoms with Crippen molar-refractivity contribution in [2.75, 3.05) is 23.7 Å². The Balaban J connectivity index is 0.848. The quantitative estimate of drug-likeness (QED) is 0.157. The smallest absolute Gasteiger partial charge is 0.410 e. The minimum Gasteiger partial charge on any atom is -0.445 e. The molecule has 0 aromatic heterocycles. The maximum atomic E-state index is 13.7. The first-order valence-corrected chi connectivity index (χ1v) is 19.8. The van der Waals surface area contributed by atoms with E-state index in [0.29, 0.717) is 36.3 Å². The highest BCUT2D eigenvalue weighted by Crippen LogP contribution is 2.44. The van der Waals surface area contributed by atoms with Gasteiger partial charge in [0.2, 0.25) is 11.8 Å². The molecule has 2 saturated carbocycles. The minimum atomic E-state index is -0.559. The number of benzene rings is 4. The van der Waals surface area contributed by atoms with Crippen molar-refractivity contribution in [1.82, 2.24) is 9.80 Å². The fourth-order valence-electron chi connectivity index (χ4n) is 9.24. The van der Waals surface area contributed by atoms with Crippen LogP contribution in [0.2, 0.25) is 0 Å². The Kier molecular flexibility index (Phi) is 11.1. The van der Waals surface area contributed by atoms with Gasteiger partial charge in [0.1, 0.15) is 25.3 Å². The van der Waals surface area contributed by atoms with Crippen molar-refractivity contribution in [2.24, 2.45) is 23.7 Å². The summed E-state index contributed by atoms with van der Waals surface area (Å²) in [5, 5.41) is 6.11. The topological polar surface area (TPSA) is 117 Å². The number of rotatable bonds is 10. The molecule has 0 radical (unpaired) electrons. The Labute approximate surface area is 327 Å². The van der Waals surface area contributed by atoms with Crippen LogP contribution in [0.5, 0.6) is 0 Å². The number of likely N-dealkylation sites (tertiary alicyclic amines) is 2. The molecular weight excluding hydrogens is 705 g/mol. The number of ether oxygens (including phenoxy) is 2. The van der Waals surface area contributed by atoms with E-state index in [1.807, 2.05) is 121 Å². The lowest BCUT2D eigenvalue weighted by molar-refractivity contribution is -0.121. The van der Waals surface area contributed by atoms with Gasteiger partial charge in [-0.1, -0.05) is 110 Å². The van der Waals surface area contributed by atoms with E-state index in [2.05, 4.69) is 10.6 Å². The van der Waals surface area contributed by atoms with Crippen LogP contribution in [0.4, 0.5) is 21.0 Å². The van der Waals surface area contributed by atoms with Gasteiger partial charge in [-0.05, 0) is 95.9 Å². The van der Waals surface area contributed by atoms with E-state index in [1.165, 1.54) is 0 Å². The summed E-state index contributed by atoms with van der Waals surface area (Å²) in [4.78, 5) is 56.9. The lowest BCUT2D eigenvalue weighted by atomic mass is 9.93. The molecule has 0 unspecified atom stereocenters. The van der Waals surface area contributed by atoms with Crippen LogP contribution in [0, 0.1) is 23.7 Å². The van der Waals surface area contributed by atoms with E-state index in [0.717, 1.165) is 60.8 Å². The molecule has 6 atom stereocenters. The Morgan fingerprint density at radius 1 is 0.536 bits per heavy atom. The molecule has 4 aromatic rings. The first-order valence-electron chi connectivity index (χ1n) is 19.8. The van der Waals surface area contributed by atoms with Gasteiger partial charge < -0.3 is 20.1 Å². The molecule has 4 amide bonds. The first-order chi connectivity index (χ1) is 27.4. The van der Waals surface area contributed by atoms with Crippen LogP contribution in [0.1, 0.15) is 60.8 Å². The summed E-state index contributed by atoms with van der Waals surface area (Å²) < 4.78 is 11.3. The van der Waals surface area contributed by atoms with Gasteiger partial charge in [0.25, 0.3) is 0 Å². The molecule has 2 heterocycles. The fraction of sp³-hybridized carbons (Fsp3) is 0.348. The molecule has 0 bridgehead atoms. The molecule has 56 heavy (non-hydrogen) atoms. The lowest BCUT2D eigenvalue weighted by Crippen LogP contribution is -2.46. The van der Waals surface area contributed by atoms with Crippen molar-refractivity contribution in [3.8, 4) is 0 Å². The van der Waals surface area contributed by atoms with Gasteiger partial charge in [0.05, 0.1) is 0 Å². The van der Waals surface area contributed by atoms with E-state index < -0.39 is 24.3 Å². The maximum absolute atomic E-state index is 13.7. The molecule has 4 fully saturated rings. The highest BCUT2D eigenvalue weighted by atomic mass is 16.6. The molecule has 8 rings (SSSR count). The van der Waals surface area contributed by atoms with Crippen molar-refractivity contribution in [3.05, 3.63) is 131 Å². The molecule has 4 aliphatic rings. The van der Waals surface area contributed by atoms with Crippen molar-refractivity contribution in [1.29, 1.82) is 0 Å². The zero-order valence-electron chi connectivity index (χ0n) is 31.4. The lowest BCUT2D eigenvalue weighted by Gasteiger charge is -2.26. The van der Waals surface area contributed by atoms with Crippen molar-refractivity contribution in [2.45, 2.75) is 63.8 Å². The SMILES string of the molecule is O=C(Nc1ccc(/C=C/c2ccc(NC(=O)[C@@H]3[C@H]4CCC[C@H]4CN3C(=O)OCc3ccccc3)cc2)cc1)[C@@H]1[C@H]2CCC[C@H]2CN1C(=O)OCc1ccccc1. The molecule has 4 aromatic carbocycles. The van der Waals surface area contributed by atoms with E-state index in [-0.39, 0.29) is 36.9 Å². The second kappa shape index (κ2) is 16.9. The second-order valence-corrected chi connectivity index (χ2v) is 15.5. The predicted octanol–water partition coefficient (Wildman–Crippen LogP) is 8.61. The molecule has 2 N–H and O–H groups in total. The Morgan fingerprint density at radius 3 is 1.32 bits per heavy atom. The third-order valence-corrected chi connectivity index (χ3v) is 12.0. The largest absolute Gasteiger partial charge is 0.445 e. The molecular formula is C46H48N4O6. The van der Waals surface area contributed by atoms with Gasteiger partial charge in [0, 0.05) is 24.5 Å². The van der Waals surface area contributed by atoms with Crippen molar-refractivity contribution < 1.29 is 28.7 Å². The number of carbonyl (C=O) groups is 4. The van der Waals surface area contributed by atoms with E-state index in [9.17, 15) is 19.2 Å². The maximum Gasteiger partial charge on any atom is 0.410 e. The molecule has 10 heteroatoms. The standard InChI is InChI=1S/C46H48N4O6/c51-43(41-39-15-7-13-35(39)27-49(41)45(53)55-29-33-9-3-1-4-10-33)47-37-23-19-31(20-24-37)17-18-32-21-25-38(26-22-32)48-44(52)42-40-16-8-14-36(40)28-50(42)46(54)56-30-34-11-5-2-6-12-34/h1-6,9-12,17-26,35-36,39-42H,7-8,13-16,27-30H2,(H,47,51)(H,48,52)/b18-17+/t35-,36-,39-,40-,41-,42-/m0/s1. The Morgan fingerprint density at radius 2 is 0.929 bits per heavy atom. The van der Waals surface area contributed by atoms with Crippen LogP contribution in [0.3, 0.4) is 0 Å². The van der Waals surface area contributed by atoms with Crippen LogP contribution in [-0.2, 0) is 32.3 Å². The summed E-state index contributed by atoms with van der Waals surface area (Å²) in [5.74, 6) is 0.522. The summed E-state index contributed by atoms with van der Waals surface area (Å²) in [6.07, 6.45) is 9.10. The van der Waals surface area contributed by atoms with Gasteiger partial charge in [-0.25, -0.2) is 9.59 Å². The zero-order chi connectivity index (χ0) is 38.4. The van der Waals surface area contributed by atoms with E-state index in [1.54, 1.807) is 9.80 Å². The number of nitrogens with one attached hydrogen (secondary N) is 2. The van der Waals surface area contributed by atoms with Crippen LogP contribution in [-0.4, -0.2) is 59.0 Å². The molecule has 2 saturated heterocycles. The second-order valence-electron chi connectivity index (χ2n) is 15.5. The average molecular weight is 753 g/mol. The Hall–Kier alpha value is -5.90.